The molecule has 1 N–H and O–H groups in total. The molecule has 96 valence electrons. The molecule has 1 aromatic rings. The molecule has 1 rings (SSSR count). The zero-order chi connectivity index (χ0) is 12.7. The lowest BCUT2D eigenvalue weighted by Crippen LogP contribution is -2.13. The quantitative estimate of drug-likeness (QED) is 0.776. The number of hydrogen-bond acceptors (Lipinski definition) is 5. The summed E-state index contributed by atoms with van der Waals surface area (Å²) in [5.74, 6) is 0.612. The largest absolute Gasteiger partial charge is 0.491 e. The Morgan fingerprint density at radius 1 is 1.41 bits per heavy atom. The van der Waals surface area contributed by atoms with Crippen molar-refractivity contribution in [3.8, 4) is 5.75 Å². The van der Waals surface area contributed by atoms with Crippen LogP contribution in [-0.4, -0.2) is 38.6 Å². The van der Waals surface area contributed by atoms with E-state index < -0.39 is 9.84 Å². The van der Waals surface area contributed by atoms with E-state index in [2.05, 4.69) is 10.3 Å². The van der Waals surface area contributed by atoms with Gasteiger partial charge in [0.25, 0.3) is 0 Å². The van der Waals surface area contributed by atoms with Crippen LogP contribution in [0.3, 0.4) is 0 Å². The standard InChI is InChI=1S/C11H18N2O3S/c1-3-12-8-10-4-5-11(9-13-10)16-6-7-17(2,14)15/h4-5,9,12H,3,6-8H2,1-2H3. The van der Waals surface area contributed by atoms with Crippen LogP contribution in [0.5, 0.6) is 5.75 Å². The first-order valence-corrected chi connectivity index (χ1v) is 7.53. The van der Waals surface area contributed by atoms with E-state index in [1.54, 1.807) is 12.3 Å². The lowest BCUT2D eigenvalue weighted by molar-refractivity contribution is 0.339. The van der Waals surface area contributed by atoms with Gasteiger partial charge in [0, 0.05) is 12.8 Å². The molecule has 0 bridgehead atoms. The Labute approximate surface area is 102 Å². The van der Waals surface area contributed by atoms with E-state index in [0.29, 0.717) is 5.75 Å². The van der Waals surface area contributed by atoms with Crippen molar-refractivity contribution in [2.24, 2.45) is 0 Å². The number of ether oxygens (including phenoxy) is 1. The molecule has 0 saturated heterocycles. The normalized spacial score (nSPS) is 11.4. The molecular formula is C11H18N2O3S. The van der Waals surface area contributed by atoms with Gasteiger partial charge in [-0.15, -0.1) is 0 Å². The van der Waals surface area contributed by atoms with Gasteiger partial charge in [0.1, 0.15) is 12.4 Å². The lowest BCUT2D eigenvalue weighted by atomic mass is 10.3. The van der Waals surface area contributed by atoms with E-state index in [-0.39, 0.29) is 12.4 Å². The van der Waals surface area contributed by atoms with Gasteiger partial charge in [0.15, 0.2) is 9.84 Å². The molecule has 0 aliphatic rings. The number of nitrogens with zero attached hydrogens (tertiary/aromatic N) is 1. The Morgan fingerprint density at radius 3 is 2.71 bits per heavy atom. The molecule has 6 heteroatoms. The van der Waals surface area contributed by atoms with E-state index in [1.165, 1.54) is 6.26 Å². The highest BCUT2D eigenvalue weighted by Crippen LogP contribution is 2.09. The van der Waals surface area contributed by atoms with Crippen LogP contribution in [0.1, 0.15) is 12.6 Å². The van der Waals surface area contributed by atoms with Crippen molar-refractivity contribution >= 4 is 9.84 Å². The van der Waals surface area contributed by atoms with Crippen molar-refractivity contribution < 1.29 is 13.2 Å². The third-order valence-corrected chi connectivity index (χ3v) is 2.98. The molecule has 0 radical (unpaired) electrons. The zero-order valence-electron chi connectivity index (χ0n) is 10.1. The van der Waals surface area contributed by atoms with Crippen LogP contribution in [0.15, 0.2) is 18.3 Å². The minimum absolute atomic E-state index is 0.0200. The fourth-order valence-corrected chi connectivity index (χ4v) is 1.55. The molecule has 0 atom stereocenters. The molecule has 17 heavy (non-hydrogen) atoms. The van der Waals surface area contributed by atoms with Gasteiger partial charge in [-0.05, 0) is 18.7 Å². The first kappa shape index (κ1) is 13.9. The molecule has 1 heterocycles. The summed E-state index contributed by atoms with van der Waals surface area (Å²) in [7, 11) is -2.97. The summed E-state index contributed by atoms with van der Waals surface area (Å²) in [5.41, 5.74) is 0.933. The van der Waals surface area contributed by atoms with Gasteiger partial charge >= 0.3 is 0 Å². The molecule has 5 nitrogen and oxygen atoms in total. The van der Waals surface area contributed by atoms with Gasteiger partial charge in [-0.2, -0.15) is 0 Å². The molecule has 0 saturated carbocycles. The van der Waals surface area contributed by atoms with Crippen LogP contribution < -0.4 is 10.1 Å². The lowest BCUT2D eigenvalue weighted by Gasteiger charge is -2.06. The Morgan fingerprint density at radius 2 is 2.18 bits per heavy atom. The topological polar surface area (TPSA) is 68.3 Å². The van der Waals surface area contributed by atoms with Gasteiger partial charge in [0.05, 0.1) is 17.6 Å². The highest BCUT2D eigenvalue weighted by atomic mass is 32.2. The number of sulfone groups is 1. The zero-order valence-corrected chi connectivity index (χ0v) is 11.0. The molecule has 0 unspecified atom stereocenters. The number of hydrogen-bond donors (Lipinski definition) is 1. The van der Waals surface area contributed by atoms with Gasteiger partial charge in [-0.1, -0.05) is 6.92 Å². The van der Waals surface area contributed by atoms with Crippen LogP contribution in [0, 0.1) is 0 Å². The average Bonchev–Trinajstić information content (AvgIpc) is 2.26. The second kappa shape index (κ2) is 6.56. The molecule has 0 aromatic carbocycles. The summed E-state index contributed by atoms with van der Waals surface area (Å²) in [6.07, 6.45) is 2.79. The van der Waals surface area contributed by atoms with Crippen molar-refractivity contribution in [3.05, 3.63) is 24.0 Å². The van der Waals surface area contributed by atoms with Crippen molar-refractivity contribution in [3.63, 3.8) is 0 Å². The Kier molecular flexibility index (Phi) is 5.37. The van der Waals surface area contributed by atoms with Crippen LogP contribution in [0.4, 0.5) is 0 Å². The van der Waals surface area contributed by atoms with Crippen molar-refractivity contribution in [1.29, 1.82) is 0 Å². The third kappa shape index (κ3) is 6.23. The molecule has 0 spiro atoms. The van der Waals surface area contributed by atoms with Crippen LogP contribution in [0.2, 0.25) is 0 Å². The Balaban J connectivity index is 2.40. The van der Waals surface area contributed by atoms with Gasteiger partial charge in [-0.25, -0.2) is 8.42 Å². The van der Waals surface area contributed by atoms with Crippen LogP contribution in [-0.2, 0) is 16.4 Å². The fourth-order valence-electron chi connectivity index (χ4n) is 1.16. The minimum atomic E-state index is -2.97. The van der Waals surface area contributed by atoms with E-state index in [9.17, 15) is 8.42 Å². The average molecular weight is 258 g/mol. The maximum atomic E-state index is 10.9. The maximum absolute atomic E-state index is 10.9. The third-order valence-electron chi connectivity index (χ3n) is 2.08. The van der Waals surface area contributed by atoms with E-state index in [4.69, 9.17) is 4.74 Å². The van der Waals surface area contributed by atoms with E-state index in [1.807, 2.05) is 13.0 Å². The number of aromatic nitrogens is 1. The SMILES string of the molecule is CCNCc1ccc(OCCS(C)(=O)=O)cn1. The Hall–Kier alpha value is -1.14. The van der Waals surface area contributed by atoms with Gasteiger partial charge in [0.2, 0.25) is 0 Å². The van der Waals surface area contributed by atoms with E-state index in [0.717, 1.165) is 18.8 Å². The smallest absolute Gasteiger partial charge is 0.150 e. The van der Waals surface area contributed by atoms with Crippen molar-refractivity contribution in [2.45, 2.75) is 13.5 Å². The number of nitrogens with one attached hydrogen (secondary N) is 1. The van der Waals surface area contributed by atoms with Gasteiger partial charge in [-0.3, -0.25) is 4.98 Å². The number of rotatable bonds is 7. The summed E-state index contributed by atoms with van der Waals surface area (Å²) in [4.78, 5) is 4.19. The highest BCUT2D eigenvalue weighted by molar-refractivity contribution is 7.90. The minimum Gasteiger partial charge on any atom is -0.491 e. The summed E-state index contributed by atoms with van der Waals surface area (Å²) < 4.78 is 27.1. The molecule has 0 aliphatic carbocycles. The second-order valence-corrected chi connectivity index (χ2v) is 6.00. The summed E-state index contributed by atoms with van der Waals surface area (Å²) in [6, 6.07) is 3.65. The van der Waals surface area contributed by atoms with Gasteiger partial charge < -0.3 is 10.1 Å². The maximum Gasteiger partial charge on any atom is 0.150 e. The summed E-state index contributed by atoms with van der Waals surface area (Å²) >= 11 is 0. The molecule has 0 amide bonds. The summed E-state index contributed by atoms with van der Waals surface area (Å²) in [6.45, 7) is 3.81. The first-order chi connectivity index (χ1) is 8.01. The van der Waals surface area contributed by atoms with Crippen LogP contribution in [0.25, 0.3) is 0 Å². The molecular weight excluding hydrogens is 240 g/mol. The molecule has 0 aliphatic heterocycles. The summed E-state index contributed by atoms with van der Waals surface area (Å²) in [5, 5.41) is 3.16. The number of pyridine rings is 1. The second-order valence-electron chi connectivity index (χ2n) is 3.74. The predicted octanol–water partition coefficient (Wildman–Crippen LogP) is 0.615. The molecule has 1 aromatic heterocycles. The highest BCUT2D eigenvalue weighted by Gasteiger charge is 2.02. The Bertz CT molecular complexity index is 429. The van der Waals surface area contributed by atoms with Crippen molar-refractivity contribution in [2.75, 3.05) is 25.2 Å². The molecule has 0 fully saturated rings. The monoisotopic (exact) mass is 258 g/mol. The van der Waals surface area contributed by atoms with E-state index >= 15 is 0 Å². The van der Waals surface area contributed by atoms with Crippen LogP contribution >= 0.6 is 0 Å². The fraction of sp³-hybridized carbons (Fsp3) is 0.545. The predicted molar refractivity (Wildman–Crippen MR) is 66.8 cm³/mol. The first-order valence-electron chi connectivity index (χ1n) is 5.47. The van der Waals surface area contributed by atoms with Crippen molar-refractivity contribution in [1.82, 2.24) is 10.3 Å².